The maximum atomic E-state index is 13.4. The van der Waals surface area contributed by atoms with Crippen molar-refractivity contribution in [3.8, 4) is 11.1 Å². The van der Waals surface area contributed by atoms with Gasteiger partial charge in [0, 0.05) is 16.8 Å². The van der Waals surface area contributed by atoms with Crippen LogP contribution in [0, 0.1) is 6.92 Å². The highest BCUT2D eigenvalue weighted by molar-refractivity contribution is 7.12. The second-order valence-corrected chi connectivity index (χ2v) is 8.45. The first-order chi connectivity index (χ1) is 15.1. The van der Waals surface area contributed by atoms with Gasteiger partial charge in [0.2, 0.25) is 0 Å². The Morgan fingerprint density at radius 1 is 0.871 bits per heavy atom. The molecule has 1 aromatic heterocycles. The van der Waals surface area contributed by atoms with Crippen molar-refractivity contribution >= 4 is 34.5 Å². The van der Waals surface area contributed by atoms with E-state index in [0.717, 1.165) is 22.4 Å². The van der Waals surface area contributed by atoms with Crippen LogP contribution in [0.2, 0.25) is 0 Å². The Labute approximate surface area is 184 Å². The van der Waals surface area contributed by atoms with Crippen molar-refractivity contribution in [2.75, 3.05) is 10.2 Å². The first-order valence-corrected chi connectivity index (χ1v) is 10.9. The Balaban J connectivity index is 1.40. The van der Waals surface area contributed by atoms with E-state index in [9.17, 15) is 9.59 Å². The van der Waals surface area contributed by atoms with Gasteiger partial charge in [-0.1, -0.05) is 42.5 Å². The Kier molecular flexibility index (Phi) is 4.88. The SMILES string of the molecule is Cc1ccsc1C(=O)Nc1ccc(C(=O)N2Cc3ccccc3-c3ccccc32)cc1. The Hall–Kier alpha value is -3.70. The first kappa shape index (κ1) is 19.3. The fourth-order valence-corrected chi connectivity index (χ4v) is 4.76. The third-order valence-corrected chi connectivity index (χ3v) is 6.55. The summed E-state index contributed by atoms with van der Waals surface area (Å²) in [5.74, 6) is -0.193. The van der Waals surface area contributed by atoms with Crippen molar-refractivity contribution in [2.45, 2.75) is 13.5 Å². The third-order valence-electron chi connectivity index (χ3n) is 5.53. The van der Waals surface area contributed by atoms with Crippen LogP contribution in [0.15, 0.2) is 84.2 Å². The Morgan fingerprint density at radius 2 is 1.58 bits per heavy atom. The minimum absolute atomic E-state index is 0.0612. The van der Waals surface area contributed by atoms with Crippen LogP contribution in [0.3, 0.4) is 0 Å². The molecule has 31 heavy (non-hydrogen) atoms. The summed E-state index contributed by atoms with van der Waals surface area (Å²) in [7, 11) is 0. The van der Waals surface area contributed by atoms with Crippen molar-refractivity contribution in [2.24, 2.45) is 0 Å². The van der Waals surface area contributed by atoms with Gasteiger partial charge in [-0.2, -0.15) is 0 Å². The van der Waals surface area contributed by atoms with Gasteiger partial charge in [0.1, 0.15) is 0 Å². The van der Waals surface area contributed by atoms with Gasteiger partial charge in [0.05, 0.1) is 17.1 Å². The monoisotopic (exact) mass is 424 g/mol. The van der Waals surface area contributed by atoms with Crippen molar-refractivity contribution in [1.82, 2.24) is 0 Å². The van der Waals surface area contributed by atoms with Gasteiger partial charge in [-0.05, 0) is 65.4 Å². The van der Waals surface area contributed by atoms with E-state index in [1.165, 1.54) is 16.9 Å². The number of anilines is 2. The van der Waals surface area contributed by atoms with E-state index >= 15 is 0 Å². The van der Waals surface area contributed by atoms with Crippen LogP contribution < -0.4 is 10.2 Å². The van der Waals surface area contributed by atoms with E-state index in [1.54, 1.807) is 24.3 Å². The number of hydrogen-bond acceptors (Lipinski definition) is 3. The number of nitrogens with zero attached hydrogens (tertiary/aromatic N) is 1. The lowest BCUT2D eigenvalue weighted by atomic mass is 9.93. The zero-order valence-electron chi connectivity index (χ0n) is 17.0. The molecule has 1 aliphatic heterocycles. The maximum Gasteiger partial charge on any atom is 0.265 e. The van der Waals surface area contributed by atoms with E-state index in [4.69, 9.17) is 0 Å². The van der Waals surface area contributed by atoms with Crippen LogP contribution in [-0.2, 0) is 6.54 Å². The van der Waals surface area contributed by atoms with Gasteiger partial charge in [-0.15, -0.1) is 11.3 Å². The molecule has 4 aromatic rings. The van der Waals surface area contributed by atoms with Gasteiger partial charge < -0.3 is 10.2 Å². The van der Waals surface area contributed by atoms with Crippen LogP contribution in [0.5, 0.6) is 0 Å². The Bertz CT molecular complexity index is 1290. The van der Waals surface area contributed by atoms with E-state index in [2.05, 4.69) is 23.5 Å². The van der Waals surface area contributed by atoms with Crippen LogP contribution in [0.25, 0.3) is 11.1 Å². The second-order valence-electron chi connectivity index (χ2n) is 7.53. The molecule has 2 heterocycles. The molecule has 0 fully saturated rings. The van der Waals surface area contributed by atoms with Gasteiger partial charge in [0.25, 0.3) is 11.8 Å². The number of aryl methyl sites for hydroxylation is 1. The molecule has 0 spiro atoms. The smallest absolute Gasteiger partial charge is 0.265 e. The predicted molar refractivity (Wildman–Crippen MR) is 126 cm³/mol. The molecule has 0 saturated heterocycles. The molecule has 5 rings (SSSR count). The molecule has 0 saturated carbocycles. The van der Waals surface area contributed by atoms with E-state index in [0.29, 0.717) is 22.7 Å². The quantitative estimate of drug-likeness (QED) is 0.430. The fourth-order valence-electron chi connectivity index (χ4n) is 3.94. The highest BCUT2D eigenvalue weighted by Gasteiger charge is 2.26. The third kappa shape index (κ3) is 3.53. The summed E-state index contributed by atoms with van der Waals surface area (Å²) in [6.07, 6.45) is 0. The van der Waals surface area contributed by atoms with Crippen LogP contribution in [0.1, 0.15) is 31.2 Å². The minimum atomic E-state index is -0.131. The number of benzene rings is 3. The molecule has 4 nitrogen and oxygen atoms in total. The zero-order chi connectivity index (χ0) is 21.4. The molecule has 2 amide bonds. The highest BCUT2D eigenvalue weighted by Crippen LogP contribution is 2.39. The topological polar surface area (TPSA) is 49.4 Å². The zero-order valence-corrected chi connectivity index (χ0v) is 17.8. The fraction of sp³-hybridized carbons (Fsp3) is 0.0769. The van der Waals surface area contributed by atoms with Crippen molar-refractivity contribution in [1.29, 1.82) is 0 Å². The number of carbonyl (C=O) groups excluding carboxylic acids is 2. The molecular weight excluding hydrogens is 404 g/mol. The number of nitrogens with one attached hydrogen (secondary N) is 1. The van der Waals surface area contributed by atoms with Crippen molar-refractivity contribution < 1.29 is 9.59 Å². The van der Waals surface area contributed by atoms with Gasteiger partial charge >= 0.3 is 0 Å². The molecule has 0 bridgehead atoms. The largest absolute Gasteiger partial charge is 0.321 e. The average Bonchev–Trinajstić information content (AvgIpc) is 3.24. The summed E-state index contributed by atoms with van der Waals surface area (Å²) in [6, 6.07) is 25.2. The average molecular weight is 425 g/mol. The van der Waals surface area contributed by atoms with Gasteiger partial charge in [0.15, 0.2) is 0 Å². The highest BCUT2D eigenvalue weighted by atomic mass is 32.1. The van der Waals surface area contributed by atoms with Crippen molar-refractivity contribution in [3.05, 3.63) is 106 Å². The van der Waals surface area contributed by atoms with Crippen molar-refractivity contribution in [3.63, 3.8) is 0 Å². The molecule has 5 heteroatoms. The summed E-state index contributed by atoms with van der Waals surface area (Å²) < 4.78 is 0. The molecule has 3 aromatic carbocycles. The number of fused-ring (bicyclic) bond motifs is 3. The number of thiophene rings is 1. The number of rotatable bonds is 3. The van der Waals surface area contributed by atoms with Crippen LogP contribution in [0.4, 0.5) is 11.4 Å². The van der Waals surface area contributed by atoms with Gasteiger partial charge in [-0.25, -0.2) is 0 Å². The second kappa shape index (κ2) is 7.85. The molecule has 0 atom stereocenters. The van der Waals surface area contributed by atoms with Gasteiger partial charge in [-0.3, -0.25) is 9.59 Å². The van der Waals surface area contributed by atoms with E-state index in [-0.39, 0.29) is 11.8 Å². The summed E-state index contributed by atoms with van der Waals surface area (Å²) in [6.45, 7) is 2.45. The molecule has 152 valence electrons. The molecule has 0 unspecified atom stereocenters. The molecule has 0 radical (unpaired) electrons. The summed E-state index contributed by atoms with van der Waals surface area (Å²) in [5.41, 5.74) is 6.48. The van der Waals surface area contributed by atoms with E-state index in [1.807, 2.05) is 53.6 Å². The summed E-state index contributed by atoms with van der Waals surface area (Å²) in [4.78, 5) is 28.3. The molecule has 1 N–H and O–H groups in total. The normalized spacial score (nSPS) is 12.1. The lowest BCUT2D eigenvalue weighted by molar-refractivity contribution is 0.0984. The number of hydrogen-bond donors (Lipinski definition) is 1. The minimum Gasteiger partial charge on any atom is -0.321 e. The first-order valence-electron chi connectivity index (χ1n) is 10.1. The predicted octanol–water partition coefficient (Wildman–Crippen LogP) is 6.14. The lowest BCUT2D eigenvalue weighted by Crippen LogP contribution is -2.33. The Morgan fingerprint density at radius 3 is 2.32 bits per heavy atom. The van der Waals surface area contributed by atoms with Crippen LogP contribution >= 0.6 is 11.3 Å². The lowest BCUT2D eigenvalue weighted by Gasteiger charge is -2.31. The molecule has 0 aliphatic carbocycles. The number of para-hydroxylation sites is 1. The maximum absolute atomic E-state index is 13.4. The number of carbonyl (C=O) groups is 2. The van der Waals surface area contributed by atoms with Crippen LogP contribution in [-0.4, -0.2) is 11.8 Å². The standard InChI is InChI=1S/C26H20N2O2S/c1-17-14-15-31-24(17)25(29)27-20-12-10-18(11-13-20)26(30)28-16-19-6-2-3-7-21(19)22-8-4-5-9-23(22)28/h2-15H,16H2,1H3,(H,27,29). The molecule has 1 aliphatic rings. The molecular formula is C26H20N2O2S. The summed E-state index contributed by atoms with van der Waals surface area (Å²) in [5, 5.41) is 4.81. The number of amides is 2. The van der Waals surface area contributed by atoms with E-state index < -0.39 is 0 Å². The summed E-state index contributed by atoms with van der Waals surface area (Å²) >= 11 is 1.42.